The van der Waals surface area contributed by atoms with Crippen LogP contribution in [-0.4, -0.2) is 36.4 Å². The Hall–Kier alpha value is -1.98. The molecule has 1 aromatic carbocycles. The third-order valence-electron chi connectivity index (χ3n) is 4.24. The zero-order valence-electron chi connectivity index (χ0n) is 15.1. The van der Waals surface area contributed by atoms with E-state index >= 15 is 0 Å². The van der Waals surface area contributed by atoms with Crippen molar-refractivity contribution in [3.8, 4) is 0 Å². The fraction of sp³-hybridized carbons (Fsp3) is 0.556. The van der Waals surface area contributed by atoms with Crippen molar-refractivity contribution >= 4 is 20.7 Å². The van der Waals surface area contributed by atoms with E-state index in [0.29, 0.717) is 25.7 Å². The normalized spacial score (nSPS) is 14.4. The van der Waals surface area contributed by atoms with Crippen molar-refractivity contribution < 1.29 is 28.5 Å². The van der Waals surface area contributed by atoms with Gasteiger partial charge in [0.2, 0.25) is 0 Å². The second-order valence-corrected chi connectivity index (χ2v) is 6.90. The lowest BCUT2D eigenvalue weighted by Crippen LogP contribution is -2.47. The van der Waals surface area contributed by atoms with Gasteiger partial charge in [-0.05, 0) is 31.7 Å². The Labute approximate surface area is 155 Å². The average molecular weight is 383 g/mol. The van der Waals surface area contributed by atoms with Crippen LogP contribution in [0.25, 0.3) is 0 Å². The third-order valence-corrected chi connectivity index (χ3v) is 4.49. The molecule has 26 heavy (non-hydrogen) atoms. The van der Waals surface area contributed by atoms with Gasteiger partial charge in [-0.25, -0.2) is 9.36 Å². The first kappa shape index (κ1) is 22.1. The second-order valence-electron chi connectivity index (χ2n) is 6.49. The van der Waals surface area contributed by atoms with Crippen LogP contribution in [-0.2, 0) is 25.0 Å². The lowest BCUT2D eigenvalue weighted by molar-refractivity contribution is -0.146. The van der Waals surface area contributed by atoms with Crippen molar-refractivity contribution in [3.05, 3.63) is 35.9 Å². The molecule has 0 spiro atoms. The van der Waals surface area contributed by atoms with Crippen LogP contribution in [0.3, 0.4) is 0 Å². The number of amides is 1. The molecule has 0 aliphatic carbocycles. The van der Waals surface area contributed by atoms with E-state index < -0.39 is 32.2 Å². The van der Waals surface area contributed by atoms with Gasteiger partial charge in [-0.2, -0.15) is 0 Å². The van der Waals surface area contributed by atoms with E-state index in [9.17, 15) is 14.2 Å². The van der Waals surface area contributed by atoms with Gasteiger partial charge in [0, 0.05) is 5.54 Å². The molecule has 144 valence electrons. The van der Waals surface area contributed by atoms with Crippen LogP contribution >= 0.6 is 8.69 Å². The Morgan fingerprint density at radius 2 is 1.96 bits per heavy atom. The number of esters is 1. The molecule has 2 N–H and O–H groups in total. The molecule has 1 rings (SSSR count). The largest absolute Gasteiger partial charge is 0.469 e. The number of carbonyl (C=O) groups is 2. The number of methoxy groups -OCH3 is 1. The van der Waals surface area contributed by atoms with Crippen LogP contribution in [0, 0.1) is 5.92 Å². The summed E-state index contributed by atoms with van der Waals surface area (Å²) in [5.74, 6) is -0.876. The SMILES string of the molecule is COC(=O)C(CCCCC(C)(Cc1ccccc1)NC(=O)O)COP=O. The van der Waals surface area contributed by atoms with Crippen molar-refractivity contribution in [2.24, 2.45) is 5.92 Å². The highest BCUT2D eigenvalue weighted by atomic mass is 31.1. The van der Waals surface area contributed by atoms with E-state index in [4.69, 9.17) is 14.4 Å². The molecule has 0 bridgehead atoms. The molecule has 7 nitrogen and oxygen atoms in total. The molecule has 8 heteroatoms. The lowest BCUT2D eigenvalue weighted by Gasteiger charge is -2.30. The maximum atomic E-state index is 11.7. The van der Waals surface area contributed by atoms with Gasteiger partial charge in [-0.1, -0.05) is 43.2 Å². The van der Waals surface area contributed by atoms with E-state index in [1.54, 1.807) is 0 Å². The highest BCUT2D eigenvalue weighted by molar-refractivity contribution is 7.17. The zero-order valence-corrected chi connectivity index (χ0v) is 16.0. The molecular weight excluding hydrogens is 357 g/mol. The number of carbonyl (C=O) groups excluding carboxylic acids is 1. The van der Waals surface area contributed by atoms with Crippen molar-refractivity contribution in [2.45, 2.75) is 44.6 Å². The zero-order chi connectivity index (χ0) is 19.4. The summed E-state index contributed by atoms with van der Waals surface area (Å²) in [7, 11) is 0.836. The summed E-state index contributed by atoms with van der Waals surface area (Å²) < 4.78 is 19.9. The predicted octanol–water partition coefficient (Wildman–Crippen LogP) is 3.83. The molecule has 2 atom stereocenters. The molecule has 0 radical (unpaired) electrons. The summed E-state index contributed by atoms with van der Waals surface area (Å²) in [6.07, 6.45) is 2.10. The Morgan fingerprint density at radius 1 is 1.27 bits per heavy atom. The van der Waals surface area contributed by atoms with Crippen LogP contribution in [0.4, 0.5) is 4.79 Å². The first-order valence-electron chi connectivity index (χ1n) is 8.47. The standard InChI is InChI=1S/C18H26NO6P/c1-18(19-17(21)22,12-14-8-4-3-5-9-14)11-7-6-10-15(13-25-26-23)16(20)24-2/h3-5,8-9,15,19H,6-7,10-13H2,1-2H3,(H,21,22). The van der Waals surface area contributed by atoms with Gasteiger partial charge in [-0.15, -0.1) is 0 Å². The minimum atomic E-state index is -1.06. The maximum absolute atomic E-state index is 11.7. The van der Waals surface area contributed by atoms with Crippen molar-refractivity contribution in [3.63, 3.8) is 0 Å². The minimum absolute atomic E-state index is 0.0341. The van der Waals surface area contributed by atoms with Crippen LogP contribution < -0.4 is 5.32 Å². The predicted molar refractivity (Wildman–Crippen MR) is 97.2 cm³/mol. The molecule has 0 fully saturated rings. The fourth-order valence-corrected chi connectivity index (χ4v) is 3.20. The number of unbranched alkanes of at least 4 members (excludes halogenated alkanes) is 1. The number of nitrogens with one attached hydrogen (secondary N) is 1. The topological polar surface area (TPSA) is 102 Å². The first-order valence-corrected chi connectivity index (χ1v) is 9.20. The molecular formula is C18H26NO6P. The van der Waals surface area contributed by atoms with Gasteiger partial charge in [0.15, 0.2) is 0 Å². The highest BCUT2D eigenvalue weighted by Crippen LogP contribution is 2.22. The van der Waals surface area contributed by atoms with Gasteiger partial charge < -0.3 is 15.2 Å². The monoisotopic (exact) mass is 383 g/mol. The fourth-order valence-electron chi connectivity index (χ4n) is 2.96. The molecule has 0 heterocycles. The quantitative estimate of drug-likeness (QED) is 0.323. The summed E-state index contributed by atoms with van der Waals surface area (Å²) in [5, 5.41) is 11.8. The Balaban J connectivity index is 2.58. The molecule has 0 aromatic heterocycles. The number of carboxylic acid groups (broad SMARTS) is 1. The summed E-state index contributed by atoms with van der Waals surface area (Å²) in [6, 6.07) is 9.70. The second kappa shape index (κ2) is 11.6. The minimum Gasteiger partial charge on any atom is -0.469 e. The highest BCUT2D eigenvalue weighted by Gasteiger charge is 2.27. The first-order chi connectivity index (χ1) is 12.4. The number of ether oxygens (including phenoxy) is 1. The summed E-state index contributed by atoms with van der Waals surface area (Å²) in [6.45, 7) is 1.91. The number of rotatable bonds is 12. The Bertz CT molecular complexity index is 582. The molecule has 0 aliphatic rings. The van der Waals surface area contributed by atoms with Gasteiger partial charge in [0.1, 0.15) is 0 Å². The summed E-state index contributed by atoms with van der Waals surface area (Å²) in [4.78, 5) is 22.9. The van der Waals surface area contributed by atoms with Crippen molar-refractivity contribution in [1.29, 1.82) is 0 Å². The van der Waals surface area contributed by atoms with E-state index in [1.807, 2.05) is 37.3 Å². The smallest absolute Gasteiger partial charge is 0.405 e. The van der Waals surface area contributed by atoms with Gasteiger partial charge in [-0.3, -0.25) is 9.32 Å². The van der Waals surface area contributed by atoms with E-state index in [2.05, 4.69) is 5.32 Å². The molecule has 1 amide bonds. The van der Waals surface area contributed by atoms with E-state index in [-0.39, 0.29) is 6.61 Å². The third kappa shape index (κ3) is 8.41. The maximum Gasteiger partial charge on any atom is 0.405 e. The van der Waals surface area contributed by atoms with Crippen LogP contribution in [0.2, 0.25) is 0 Å². The lowest BCUT2D eigenvalue weighted by atomic mass is 9.87. The van der Waals surface area contributed by atoms with Gasteiger partial charge in [0.25, 0.3) is 0 Å². The van der Waals surface area contributed by atoms with Crippen LogP contribution in [0.15, 0.2) is 30.3 Å². The van der Waals surface area contributed by atoms with Crippen molar-refractivity contribution in [2.75, 3.05) is 13.7 Å². The Morgan fingerprint density at radius 3 is 2.54 bits per heavy atom. The van der Waals surface area contributed by atoms with E-state index in [0.717, 1.165) is 12.0 Å². The summed E-state index contributed by atoms with van der Waals surface area (Å²) in [5.41, 5.74) is 0.456. The van der Waals surface area contributed by atoms with E-state index in [1.165, 1.54) is 7.11 Å². The number of benzene rings is 1. The summed E-state index contributed by atoms with van der Waals surface area (Å²) >= 11 is 0. The Kier molecular flexibility index (Phi) is 9.84. The number of hydrogen-bond acceptors (Lipinski definition) is 5. The molecule has 2 unspecified atom stereocenters. The van der Waals surface area contributed by atoms with Gasteiger partial charge in [0.05, 0.1) is 19.6 Å². The van der Waals surface area contributed by atoms with Crippen LogP contribution in [0.5, 0.6) is 0 Å². The molecule has 0 saturated carbocycles. The molecule has 0 aliphatic heterocycles. The van der Waals surface area contributed by atoms with Crippen LogP contribution in [0.1, 0.15) is 38.2 Å². The average Bonchev–Trinajstić information content (AvgIpc) is 2.60. The van der Waals surface area contributed by atoms with Crippen molar-refractivity contribution in [1.82, 2.24) is 5.32 Å². The molecule has 1 aromatic rings. The number of hydrogen-bond donors (Lipinski definition) is 2. The van der Waals surface area contributed by atoms with Gasteiger partial charge >= 0.3 is 20.7 Å². The molecule has 0 saturated heterocycles.